The van der Waals surface area contributed by atoms with E-state index in [1.807, 2.05) is 0 Å². The Kier molecular flexibility index (Phi) is 5.33. The first-order valence-electron chi connectivity index (χ1n) is 10.5. The molecule has 0 heterocycles. The quantitative estimate of drug-likeness (QED) is 0.655. The number of ketones is 1. The third-order valence-electron chi connectivity index (χ3n) is 8.01. The Labute approximate surface area is 153 Å². The van der Waals surface area contributed by atoms with Crippen LogP contribution in [0.1, 0.15) is 79.6 Å². The van der Waals surface area contributed by atoms with Gasteiger partial charge in [-0.05, 0) is 74.5 Å². The number of esters is 1. The predicted octanol–water partition coefficient (Wildman–Crippen LogP) is 5.02. The van der Waals surface area contributed by atoms with Gasteiger partial charge in [-0.25, -0.2) is 0 Å². The Balaban J connectivity index is 1.68. The van der Waals surface area contributed by atoms with Gasteiger partial charge in [-0.2, -0.15) is 0 Å². The van der Waals surface area contributed by atoms with Gasteiger partial charge in [0.1, 0.15) is 11.4 Å². The summed E-state index contributed by atoms with van der Waals surface area (Å²) in [5, 5.41) is 0. The van der Waals surface area contributed by atoms with E-state index < -0.39 is 5.60 Å². The van der Waals surface area contributed by atoms with Crippen molar-refractivity contribution in [3.05, 3.63) is 0 Å². The zero-order valence-electron chi connectivity index (χ0n) is 16.7. The Hall–Kier alpha value is -0.860. The topological polar surface area (TPSA) is 43.4 Å². The lowest BCUT2D eigenvalue weighted by Gasteiger charge is -2.41. The lowest BCUT2D eigenvalue weighted by molar-refractivity contribution is -0.174. The molecule has 0 aliphatic heterocycles. The monoisotopic (exact) mass is 348 g/mol. The second-order valence-electron chi connectivity index (χ2n) is 9.58. The summed E-state index contributed by atoms with van der Waals surface area (Å²) in [5.41, 5.74) is -0.404. The average Bonchev–Trinajstić information content (AvgIpc) is 3.13. The molecule has 3 aliphatic rings. The number of fused-ring (bicyclic) bond motifs is 2. The summed E-state index contributed by atoms with van der Waals surface area (Å²) in [6.45, 7) is 11.2. The summed E-state index contributed by atoms with van der Waals surface area (Å²) in [6, 6.07) is 0. The van der Waals surface area contributed by atoms with Crippen molar-refractivity contribution in [1.29, 1.82) is 0 Å². The number of rotatable bonds is 5. The summed E-state index contributed by atoms with van der Waals surface area (Å²) >= 11 is 0. The summed E-state index contributed by atoms with van der Waals surface area (Å²) in [5.74, 6) is 4.11. The van der Waals surface area contributed by atoms with Gasteiger partial charge >= 0.3 is 5.97 Å². The molecule has 3 heteroatoms. The molecule has 0 spiro atoms. The van der Waals surface area contributed by atoms with Crippen molar-refractivity contribution in [3.63, 3.8) is 0 Å². The summed E-state index contributed by atoms with van der Waals surface area (Å²) in [6.07, 6.45) is 6.12. The van der Waals surface area contributed by atoms with Crippen LogP contribution in [0.3, 0.4) is 0 Å². The summed E-state index contributed by atoms with van der Waals surface area (Å²) in [7, 11) is 0. The van der Waals surface area contributed by atoms with Gasteiger partial charge in [0, 0.05) is 12.8 Å². The SMILES string of the molecule is CCC(C)(OC(=O)C1CC2CC1C(C(C)C)C2C)C1CCC(=O)CC1. The lowest BCUT2D eigenvalue weighted by atomic mass is 9.70. The second-order valence-corrected chi connectivity index (χ2v) is 9.58. The molecule has 6 atom stereocenters. The largest absolute Gasteiger partial charge is 0.459 e. The van der Waals surface area contributed by atoms with Gasteiger partial charge in [-0.1, -0.05) is 27.7 Å². The highest BCUT2D eigenvalue weighted by Crippen LogP contribution is 2.58. The minimum atomic E-state index is -0.404. The van der Waals surface area contributed by atoms with Crippen LogP contribution < -0.4 is 0 Å². The maximum Gasteiger partial charge on any atom is 0.309 e. The number of carbonyl (C=O) groups excluding carboxylic acids is 2. The lowest BCUT2D eigenvalue weighted by Crippen LogP contribution is -2.44. The molecule has 142 valence electrons. The first-order valence-corrected chi connectivity index (χ1v) is 10.5. The zero-order chi connectivity index (χ0) is 18.4. The van der Waals surface area contributed by atoms with Crippen molar-refractivity contribution >= 4 is 11.8 Å². The normalized spacial score (nSPS) is 38.2. The minimum Gasteiger partial charge on any atom is -0.459 e. The van der Waals surface area contributed by atoms with Crippen molar-refractivity contribution < 1.29 is 14.3 Å². The van der Waals surface area contributed by atoms with Gasteiger partial charge in [-0.15, -0.1) is 0 Å². The van der Waals surface area contributed by atoms with E-state index in [4.69, 9.17) is 4.74 Å². The minimum absolute atomic E-state index is 0.0475. The van der Waals surface area contributed by atoms with E-state index in [-0.39, 0.29) is 11.9 Å². The maximum atomic E-state index is 13.1. The number of hydrogen-bond acceptors (Lipinski definition) is 3. The standard InChI is InChI=1S/C22H36O3/c1-6-22(5,16-7-9-17(23)10-8-16)25-21(24)19-12-15-11-18(19)20(13(2)3)14(15)4/h13-16,18-20H,6-12H2,1-5H3. The highest BCUT2D eigenvalue weighted by atomic mass is 16.6. The first-order chi connectivity index (χ1) is 11.8. The molecule has 3 nitrogen and oxygen atoms in total. The predicted molar refractivity (Wildman–Crippen MR) is 98.9 cm³/mol. The molecule has 3 fully saturated rings. The van der Waals surface area contributed by atoms with Crippen LogP contribution in [0.15, 0.2) is 0 Å². The van der Waals surface area contributed by atoms with Crippen LogP contribution in [0.25, 0.3) is 0 Å². The second kappa shape index (κ2) is 7.04. The zero-order valence-corrected chi connectivity index (χ0v) is 16.7. The molecular weight excluding hydrogens is 312 g/mol. The average molecular weight is 349 g/mol. The molecule has 2 bridgehead atoms. The van der Waals surface area contributed by atoms with Crippen molar-refractivity contribution in [3.8, 4) is 0 Å². The van der Waals surface area contributed by atoms with Crippen LogP contribution in [0.5, 0.6) is 0 Å². The van der Waals surface area contributed by atoms with E-state index in [0.29, 0.717) is 48.2 Å². The molecule has 0 saturated heterocycles. The third kappa shape index (κ3) is 3.40. The highest BCUT2D eigenvalue weighted by molar-refractivity contribution is 5.79. The molecule has 3 aliphatic carbocycles. The Morgan fingerprint density at radius 1 is 1.24 bits per heavy atom. The molecule has 0 aromatic carbocycles. The molecule has 0 aromatic heterocycles. The molecule has 0 amide bonds. The molecular formula is C22H36O3. The molecule has 3 rings (SSSR count). The number of ether oxygens (including phenoxy) is 1. The van der Waals surface area contributed by atoms with E-state index in [9.17, 15) is 9.59 Å². The fourth-order valence-electron chi connectivity index (χ4n) is 6.34. The maximum absolute atomic E-state index is 13.1. The van der Waals surface area contributed by atoms with Crippen molar-refractivity contribution in [1.82, 2.24) is 0 Å². The molecule has 6 unspecified atom stereocenters. The summed E-state index contributed by atoms with van der Waals surface area (Å²) in [4.78, 5) is 24.7. The van der Waals surface area contributed by atoms with E-state index >= 15 is 0 Å². The first kappa shape index (κ1) is 18.9. The summed E-state index contributed by atoms with van der Waals surface area (Å²) < 4.78 is 6.21. The number of Topliss-reactive ketones (excluding diaryl/α,β-unsaturated/α-hetero) is 1. The van der Waals surface area contributed by atoms with Gasteiger partial charge in [0.25, 0.3) is 0 Å². The van der Waals surface area contributed by atoms with Gasteiger partial charge in [-0.3, -0.25) is 9.59 Å². The van der Waals surface area contributed by atoms with E-state index in [1.54, 1.807) is 0 Å². The highest BCUT2D eigenvalue weighted by Gasteiger charge is 2.55. The van der Waals surface area contributed by atoms with E-state index in [1.165, 1.54) is 6.42 Å². The molecule has 0 radical (unpaired) electrons. The number of hydrogen-bond donors (Lipinski definition) is 0. The fraction of sp³-hybridized carbons (Fsp3) is 0.909. The van der Waals surface area contributed by atoms with Gasteiger partial charge in [0.15, 0.2) is 0 Å². The van der Waals surface area contributed by atoms with E-state index in [2.05, 4.69) is 34.6 Å². The van der Waals surface area contributed by atoms with Crippen LogP contribution in [0.2, 0.25) is 0 Å². The Morgan fingerprint density at radius 3 is 2.40 bits per heavy atom. The van der Waals surface area contributed by atoms with E-state index in [0.717, 1.165) is 31.6 Å². The van der Waals surface area contributed by atoms with Crippen LogP contribution in [-0.4, -0.2) is 17.4 Å². The van der Waals surface area contributed by atoms with Gasteiger partial charge < -0.3 is 4.74 Å². The van der Waals surface area contributed by atoms with Crippen molar-refractivity contribution in [2.75, 3.05) is 0 Å². The molecule has 3 saturated carbocycles. The Morgan fingerprint density at radius 2 is 1.88 bits per heavy atom. The van der Waals surface area contributed by atoms with Crippen molar-refractivity contribution in [2.24, 2.45) is 41.4 Å². The number of carbonyl (C=O) groups is 2. The van der Waals surface area contributed by atoms with Gasteiger partial charge in [0.2, 0.25) is 0 Å². The molecule has 0 aromatic rings. The smallest absolute Gasteiger partial charge is 0.309 e. The molecule has 0 N–H and O–H groups in total. The Bertz CT molecular complexity index is 515. The van der Waals surface area contributed by atoms with Crippen LogP contribution >= 0.6 is 0 Å². The van der Waals surface area contributed by atoms with Crippen molar-refractivity contribution in [2.45, 2.75) is 85.2 Å². The fourth-order valence-corrected chi connectivity index (χ4v) is 6.34. The van der Waals surface area contributed by atoms with Gasteiger partial charge in [0.05, 0.1) is 5.92 Å². The van der Waals surface area contributed by atoms with Crippen LogP contribution in [0, 0.1) is 41.4 Å². The molecule has 25 heavy (non-hydrogen) atoms. The van der Waals surface area contributed by atoms with Crippen LogP contribution in [0.4, 0.5) is 0 Å². The van der Waals surface area contributed by atoms with Crippen LogP contribution in [-0.2, 0) is 14.3 Å². The third-order valence-corrected chi connectivity index (χ3v) is 8.01.